The van der Waals surface area contributed by atoms with Crippen molar-refractivity contribution in [2.24, 2.45) is 5.73 Å². The first-order chi connectivity index (χ1) is 7.24. The van der Waals surface area contributed by atoms with E-state index in [4.69, 9.17) is 5.73 Å². The summed E-state index contributed by atoms with van der Waals surface area (Å²) in [6.45, 7) is 5.04. The number of primary amides is 1. The van der Waals surface area contributed by atoms with Gasteiger partial charge in [0.25, 0.3) is 0 Å². The molecule has 0 saturated carbocycles. The van der Waals surface area contributed by atoms with Crippen LogP contribution in [0, 0.1) is 17.0 Å². The fourth-order valence-electron chi connectivity index (χ4n) is 1.45. The Morgan fingerprint density at radius 3 is 2.62 bits per heavy atom. The van der Waals surface area contributed by atoms with Crippen molar-refractivity contribution >= 4 is 11.6 Å². The van der Waals surface area contributed by atoms with Gasteiger partial charge in [-0.2, -0.15) is 5.10 Å². The Bertz CT molecular complexity index is 436. The minimum absolute atomic E-state index is 0.0578. The molecule has 0 bridgehead atoms. The molecular formula is C9H14N4O3. The van der Waals surface area contributed by atoms with Crippen LogP contribution in [0.3, 0.4) is 0 Å². The topological polar surface area (TPSA) is 104 Å². The van der Waals surface area contributed by atoms with Gasteiger partial charge in [-0.3, -0.25) is 19.6 Å². The SMILES string of the molecule is Cc1nn(C(C)(C)CC(N)=O)cc1[N+](=O)[O-]. The summed E-state index contributed by atoms with van der Waals surface area (Å²) in [6.07, 6.45) is 1.39. The number of hydrogen-bond acceptors (Lipinski definition) is 4. The van der Waals surface area contributed by atoms with Crippen molar-refractivity contribution in [2.75, 3.05) is 0 Å². The molecule has 1 aromatic heterocycles. The average Bonchev–Trinajstić information content (AvgIpc) is 2.45. The zero-order valence-electron chi connectivity index (χ0n) is 9.43. The van der Waals surface area contributed by atoms with E-state index >= 15 is 0 Å². The van der Waals surface area contributed by atoms with Gasteiger partial charge in [-0.05, 0) is 20.8 Å². The number of amides is 1. The fourth-order valence-corrected chi connectivity index (χ4v) is 1.45. The highest BCUT2D eigenvalue weighted by atomic mass is 16.6. The van der Waals surface area contributed by atoms with Gasteiger partial charge >= 0.3 is 5.69 Å². The third-order valence-corrected chi connectivity index (χ3v) is 2.30. The van der Waals surface area contributed by atoms with Gasteiger partial charge in [-0.1, -0.05) is 0 Å². The molecule has 0 aliphatic heterocycles. The summed E-state index contributed by atoms with van der Waals surface area (Å²) < 4.78 is 1.41. The summed E-state index contributed by atoms with van der Waals surface area (Å²) in [4.78, 5) is 21.0. The summed E-state index contributed by atoms with van der Waals surface area (Å²) >= 11 is 0. The molecule has 88 valence electrons. The van der Waals surface area contributed by atoms with Gasteiger partial charge in [-0.15, -0.1) is 0 Å². The van der Waals surface area contributed by atoms with Crippen molar-refractivity contribution in [3.8, 4) is 0 Å². The minimum atomic E-state index is -0.662. The number of carbonyl (C=O) groups is 1. The Morgan fingerprint density at radius 2 is 2.25 bits per heavy atom. The Morgan fingerprint density at radius 1 is 1.69 bits per heavy atom. The summed E-state index contributed by atoms with van der Waals surface area (Å²) in [5, 5.41) is 14.7. The fraction of sp³-hybridized carbons (Fsp3) is 0.556. The van der Waals surface area contributed by atoms with Crippen molar-refractivity contribution in [3.63, 3.8) is 0 Å². The van der Waals surface area contributed by atoms with Crippen LogP contribution in [0.2, 0.25) is 0 Å². The van der Waals surface area contributed by atoms with Crippen molar-refractivity contribution in [2.45, 2.75) is 32.7 Å². The number of carbonyl (C=O) groups excluding carboxylic acids is 1. The maximum Gasteiger partial charge on any atom is 0.309 e. The van der Waals surface area contributed by atoms with Crippen LogP contribution in [0.1, 0.15) is 26.0 Å². The molecule has 16 heavy (non-hydrogen) atoms. The lowest BCUT2D eigenvalue weighted by Gasteiger charge is -2.23. The largest absolute Gasteiger partial charge is 0.370 e. The lowest BCUT2D eigenvalue weighted by atomic mass is 10.0. The molecule has 7 nitrogen and oxygen atoms in total. The molecule has 0 aliphatic carbocycles. The molecule has 1 amide bonds. The van der Waals surface area contributed by atoms with E-state index in [1.54, 1.807) is 20.8 Å². The van der Waals surface area contributed by atoms with E-state index in [2.05, 4.69) is 5.10 Å². The van der Waals surface area contributed by atoms with Gasteiger partial charge in [0.15, 0.2) is 0 Å². The van der Waals surface area contributed by atoms with Gasteiger partial charge in [0.1, 0.15) is 11.9 Å². The molecule has 0 radical (unpaired) electrons. The van der Waals surface area contributed by atoms with E-state index in [-0.39, 0.29) is 12.1 Å². The predicted molar refractivity (Wildman–Crippen MR) is 56.8 cm³/mol. The Balaban J connectivity index is 3.09. The smallest absolute Gasteiger partial charge is 0.309 e. The Labute approximate surface area is 92.4 Å². The van der Waals surface area contributed by atoms with Crippen LogP contribution in [-0.4, -0.2) is 20.6 Å². The molecule has 0 spiro atoms. The van der Waals surface area contributed by atoms with Crippen LogP contribution in [0.15, 0.2) is 6.20 Å². The first kappa shape index (κ1) is 12.2. The Hall–Kier alpha value is -1.92. The number of aromatic nitrogens is 2. The molecule has 2 N–H and O–H groups in total. The molecule has 0 aromatic carbocycles. The van der Waals surface area contributed by atoms with Crippen LogP contribution in [0.5, 0.6) is 0 Å². The highest BCUT2D eigenvalue weighted by Crippen LogP contribution is 2.24. The molecule has 1 aromatic rings. The molecule has 1 rings (SSSR count). The summed E-state index contributed by atoms with van der Waals surface area (Å²) in [6, 6.07) is 0. The lowest BCUT2D eigenvalue weighted by Crippen LogP contribution is -2.32. The van der Waals surface area contributed by atoms with E-state index < -0.39 is 16.4 Å². The molecule has 0 fully saturated rings. The maximum absolute atomic E-state index is 10.9. The van der Waals surface area contributed by atoms with Crippen molar-refractivity contribution < 1.29 is 9.72 Å². The third-order valence-electron chi connectivity index (χ3n) is 2.30. The van der Waals surface area contributed by atoms with Crippen LogP contribution >= 0.6 is 0 Å². The van der Waals surface area contributed by atoms with E-state index in [9.17, 15) is 14.9 Å². The number of rotatable bonds is 4. The first-order valence-corrected chi connectivity index (χ1v) is 4.73. The van der Waals surface area contributed by atoms with Crippen molar-refractivity contribution in [1.29, 1.82) is 0 Å². The second-order valence-electron chi connectivity index (χ2n) is 4.26. The summed E-state index contributed by atoms with van der Waals surface area (Å²) in [5.41, 5.74) is 4.71. The summed E-state index contributed by atoms with van der Waals surface area (Å²) in [7, 11) is 0. The van der Waals surface area contributed by atoms with E-state index in [1.807, 2.05) is 0 Å². The van der Waals surface area contributed by atoms with Crippen LogP contribution in [-0.2, 0) is 10.3 Å². The van der Waals surface area contributed by atoms with Gasteiger partial charge in [0.2, 0.25) is 5.91 Å². The standard InChI is InChI=1S/C9H14N4O3/c1-6-7(13(15)16)5-12(11-6)9(2,3)4-8(10)14/h5H,4H2,1-3H3,(H2,10,14). The zero-order valence-corrected chi connectivity index (χ0v) is 9.43. The van der Waals surface area contributed by atoms with Gasteiger partial charge in [0.05, 0.1) is 16.9 Å². The highest BCUT2D eigenvalue weighted by molar-refractivity contribution is 5.74. The van der Waals surface area contributed by atoms with Crippen molar-refractivity contribution in [3.05, 3.63) is 22.0 Å². The molecule has 0 aliphatic rings. The normalized spacial score (nSPS) is 11.4. The Kier molecular flexibility index (Phi) is 2.97. The zero-order chi connectivity index (χ0) is 12.5. The molecule has 1 heterocycles. The second-order valence-corrected chi connectivity index (χ2v) is 4.26. The first-order valence-electron chi connectivity index (χ1n) is 4.73. The van der Waals surface area contributed by atoms with Crippen LogP contribution < -0.4 is 5.73 Å². The van der Waals surface area contributed by atoms with E-state index in [0.717, 1.165) is 0 Å². The number of nitro groups is 1. The van der Waals surface area contributed by atoms with Gasteiger partial charge in [-0.25, -0.2) is 0 Å². The van der Waals surface area contributed by atoms with E-state index in [0.29, 0.717) is 5.69 Å². The second kappa shape index (κ2) is 3.92. The quantitative estimate of drug-likeness (QED) is 0.602. The van der Waals surface area contributed by atoms with Crippen molar-refractivity contribution in [1.82, 2.24) is 9.78 Å². The van der Waals surface area contributed by atoms with Gasteiger partial charge in [0, 0.05) is 0 Å². The predicted octanol–water partition coefficient (Wildman–Crippen LogP) is 0.710. The minimum Gasteiger partial charge on any atom is -0.370 e. The number of nitrogens with zero attached hydrogens (tertiary/aromatic N) is 3. The number of aryl methyl sites for hydroxylation is 1. The van der Waals surface area contributed by atoms with Crippen LogP contribution in [0.4, 0.5) is 5.69 Å². The molecule has 0 saturated heterocycles. The van der Waals surface area contributed by atoms with E-state index in [1.165, 1.54) is 10.9 Å². The molecular weight excluding hydrogens is 212 g/mol. The third kappa shape index (κ3) is 2.36. The highest BCUT2D eigenvalue weighted by Gasteiger charge is 2.27. The molecule has 0 unspecified atom stereocenters. The molecule has 0 atom stereocenters. The molecule has 7 heteroatoms. The summed E-state index contributed by atoms with van der Waals surface area (Å²) in [5.74, 6) is -0.471. The number of hydrogen-bond donors (Lipinski definition) is 1. The maximum atomic E-state index is 10.9. The number of nitrogens with two attached hydrogens (primary N) is 1. The van der Waals surface area contributed by atoms with Gasteiger partial charge < -0.3 is 5.73 Å². The lowest BCUT2D eigenvalue weighted by molar-refractivity contribution is -0.385. The van der Waals surface area contributed by atoms with Crippen LogP contribution in [0.25, 0.3) is 0 Å². The monoisotopic (exact) mass is 226 g/mol. The average molecular weight is 226 g/mol.